The highest BCUT2D eigenvalue weighted by atomic mass is 32.5. The molecule has 0 saturated heterocycles. The Kier molecular flexibility index (Phi) is 4.57. The maximum absolute atomic E-state index is 14.0. The summed E-state index contributed by atoms with van der Waals surface area (Å²) in [6, 6.07) is 14.1. The second kappa shape index (κ2) is 6.65. The number of nitrogens with one attached hydrogen (secondary N) is 1. The number of hydrogen-bond acceptors (Lipinski definition) is 1. The van der Waals surface area contributed by atoms with Crippen LogP contribution in [0.1, 0.15) is 16.7 Å². The molecule has 1 N–H and O–H groups in total. The lowest BCUT2D eigenvalue weighted by Crippen LogP contribution is -2.11. The summed E-state index contributed by atoms with van der Waals surface area (Å²) in [6.07, 6.45) is 0.235. The second-order valence-electron chi connectivity index (χ2n) is 7.60. The van der Waals surface area contributed by atoms with Crippen LogP contribution in [-0.2, 0) is 6.42 Å². The molecule has 0 aliphatic carbocycles. The van der Waals surface area contributed by atoms with E-state index in [4.69, 9.17) is 0 Å². The third-order valence-corrected chi connectivity index (χ3v) is 6.40. The van der Waals surface area contributed by atoms with Crippen LogP contribution >= 0.6 is 10.2 Å². The first-order valence-electron chi connectivity index (χ1n) is 9.46. The summed E-state index contributed by atoms with van der Waals surface area (Å²) < 4.78 is 78.3. The number of fused-ring (bicyclic) bond motifs is 1. The first kappa shape index (κ1) is 22.0. The first-order chi connectivity index (χ1) is 14.7. The molecule has 0 aliphatic heterocycles. The van der Waals surface area contributed by atoms with Gasteiger partial charge in [-0.05, 0) is 54.3 Å². The Balaban J connectivity index is 1.62. The maximum Gasteiger partial charge on any atom is 0.310 e. The number of halogens is 6. The van der Waals surface area contributed by atoms with Gasteiger partial charge in [0.25, 0.3) is 0 Å². The third kappa shape index (κ3) is 4.25. The van der Waals surface area contributed by atoms with Gasteiger partial charge in [0, 0.05) is 5.56 Å². The van der Waals surface area contributed by atoms with Crippen molar-refractivity contribution in [2.75, 3.05) is 0 Å². The normalized spacial score (nSPS) is 14.2. The number of benzene rings is 3. The fourth-order valence-electron chi connectivity index (χ4n) is 3.57. The molecule has 0 radical (unpaired) electrons. The minimum absolute atomic E-state index is 0.0135. The molecule has 0 unspecified atom stereocenters. The summed E-state index contributed by atoms with van der Waals surface area (Å²) >= 11 is 0. The lowest BCUT2D eigenvalue weighted by Gasteiger charge is -2.40. The molecular weight excluding hydrogens is 452 g/mol. The van der Waals surface area contributed by atoms with Crippen LogP contribution in [0.15, 0.2) is 76.4 Å². The summed E-state index contributed by atoms with van der Waals surface area (Å²) in [5, 5.41) is -0.0135. The Morgan fingerprint density at radius 3 is 1.94 bits per heavy atom. The van der Waals surface area contributed by atoms with Crippen molar-refractivity contribution in [3.63, 3.8) is 0 Å². The summed E-state index contributed by atoms with van der Waals surface area (Å²) in [4.78, 5) is 13.8. The van der Waals surface area contributed by atoms with Crippen LogP contribution in [0, 0.1) is 12.7 Å². The number of aromatic amines is 1. The number of pyridine rings is 1. The minimum Gasteiger partial charge on any atom is -0.354 e. The zero-order valence-corrected chi connectivity index (χ0v) is 17.5. The van der Waals surface area contributed by atoms with Crippen LogP contribution < -0.4 is 5.43 Å². The topological polar surface area (TPSA) is 32.9 Å². The molecule has 0 spiro atoms. The van der Waals surface area contributed by atoms with E-state index in [0.717, 1.165) is 17.7 Å². The Morgan fingerprint density at radius 1 is 0.812 bits per heavy atom. The monoisotopic (exact) mass is 469 g/mol. The smallest absolute Gasteiger partial charge is 0.310 e. The van der Waals surface area contributed by atoms with Crippen LogP contribution in [0.3, 0.4) is 0 Å². The summed E-state index contributed by atoms with van der Waals surface area (Å²) in [5.41, 5.74) is 2.67. The van der Waals surface area contributed by atoms with E-state index >= 15 is 0 Å². The van der Waals surface area contributed by atoms with Gasteiger partial charge in [-0.15, -0.1) is 0 Å². The van der Waals surface area contributed by atoms with E-state index in [1.807, 2.05) is 0 Å². The van der Waals surface area contributed by atoms with Gasteiger partial charge in [-0.3, -0.25) is 4.79 Å². The third-order valence-electron chi connectivity index (χ3n) is 5.24. The standard InChI is InChI=1S/C23H17F6NOS/c1-14-22(30-20-4-2-3-19(24)21(20)23(14)31)17-9-5-15(6-10-17)13-16-7-11-18(12-8-16)32(25,26,27,28)29/h2-12H,13H2,1H3,(H,30,31). The molecule has 1 aromatic heterocycles. The average Bonchev–Trinajstić information content (AvgIpc) is 2.70. The van der Waals surface area contributed by atoms with E-state index < -0.39 is 26.4 Å². The first-order valence-corrected chi connectivity index (χ1v) is 11.4. The summed E-state index contributed by atoms with van der Waals surface area (Å²) in [6.45, 7) is 1.59. The molecule has 2 nitrogen and oxygen atoms in total. The zero-order valence-electron chi connectivity index (χ0n) is 16.6. The highest BCUT2D eigenvalue weighted by Gasteiger charge is 2.65. The van der Waals surface area contributed by atoms with E-state index in [2.05, 4.69) is 4.98 Å². The molecule has 0 bridgehead atoms. The van der Waals surface area contributed by atoms with Gasteiger partial charge >= 0.3 is 10.2 Å². The van der Waals surface area contributed by atoms with E-state index in [0.29, 0.717) is 40.0 Å². The molecule has 0 amide bonds. The Morgan fingerprint density at radius 2 is 1.38 bits per heavy atom. The van der Waals surface area contributed by atoms with Gasteiger partial charge in [0.2, 0.25) is 0 Å². The summed E-state index contributed by atoms with van der Waals surface area (Å²) in [7, 11) is -9.69. The number of rotatable bonds is 4. The van der Waals surface area contributed by atoms with Crippen molar-refractivity contribution in [3.8, 4) is 11.3 Å². The van der Waals surface area contributed by atoms with Crippen LogP contribution in [0.2, 0.25) is 0 Å². The van der Waals surface area contributed by atoms with Crippen LogP contribution in [0.4, 0.5) is 23.8 Å². The number of aromatic nitrogens is 1. The molecule has 4 aromatic rings. The fourth-order valence-corrected chi connectivity index (χ4v) is 4.22. The van der Waals surface area contributed by atoms with Gasteiger partial charge in [-0.1, -0.05) is 61.9 Å². The zero-order chi connectivity index (χ0) is 23.4. The van der Waals surface area contributed by atoms with Crippen LogP contribution in [0.25, 0.3) is 22.2 Å². The van der Waals surface area contributed by atoms with Gasteiger partial charge in [0.05, 0.1) is 16.6 Å². The average molecular weight is 469 g/mol. The SMILES string of the molecule is Cc1c(-c2ccc(Cc3ccc(S(F)(F)(F)(F)F)cc3)cc2)[nH]c2cccc(F)c2c1=O. The molecule has 3 aromatic carbocycles. The van der Waals surface area contributed by atoms with Gasteiger partial charge in [-0.25, -0.2) is 4.39 Å². The molecule has 0 atom stereocenters. The summed E-state index contributed by atoms with van der Waals surface area (Å²) in [5.74, 6) is -0.607. The van der Waals surface area contributed by atoms with Crippen molar-refractivity contribution in [1.82, 2.24) is 4.98 Å². The van der Waals surface area contributed by atoms with Crippen molar-refractivity contribution in [3.05, 3.63) is 99.5 Å². The Bertz CT molecular complexity index is 1390. The quantitative estimate of drug-likeness (QED) is 0.303. The van der Waals surface area contributed by atoms with Crippen molar-refractivity contribution in [2.24, 2.45) is 0 Å². The molecule has 4 rings (SSSR count). The molecule has 9 heteroatoms. The van der Waals surface area contributed by atoms with Crippen molar-refractivity contribution < 1.29 is 23.8 Å². The Hall–Kier alpha value is -3.20. The molecule has 32 heavy (non-hydrogen) atoms. The predicted octanol–water partition coefficient (Wildman–Crippen LogP) is 7.89. The van der Waals surface area contributed by atoms with Gasteiger partial charge in [0.1, 0.15) is 10.7 Å². The molecule has 1 heterocycles. The number of H-pyrrole nitrogens is 1. The molecule has 0 fully saturated rings. The second-order valence-corrected chi connectivity index (χ2v) is 10.0. The van der Waals surface area contributed by atoms with Crippen molar-refractivity contribution >= 4 is 21.1 Å². The predicted molar refractivity (Wildman–Crippen MR) is 115 cm³/mol. The van der Waals surface area contributed by atoms with E-state index in [-0.39, 0.29) is 11.8 Å². The maximum atomic E-state index is 14.0. The highest BCUT2D eigenvalue weighted by molar-refractivity contribution is 8.45. The van der Waals surface area contributed by atoms with E-state index in [1.54, 1.807) is 37.3 Å². The van der Waals surface area contributed by atoms with Crippen LogP contribution in [-0.4, -0.2) is 4.98 Å². The van der Waals surface area contributed by atoms with E-state index in [9.17, 15) is 28.6 Å². The number of hydrogen-bond donors (Lipinski definition) is 1. The van der Waals surface area contributed by atoms with Crippen molar-refractivity contribution in [1.29, 1.82) is 0 Å². The van der Waals surface area contributed by atoms with Crippen LogP contribution in [0.5, 0.6) is 0 Å². The van der Waals surface area contributed by atoms with Crippen molar-refractivity contribution in [2.45, 2.75) is 18.2 Å². The lowest BCUT2D eigenvalue weighted by molar-refractivity contribution is 0.364. The molecular formula is C23H17F6NOS. The molecule has 168 valence electrons. The van der Waals surface area contributed by atoms with Gasteiger partial charge in [-0.2, -0.15) is 0 Å². The minimum atomic E-state index is -9.69. The largest absolute Gasteiger partial charge is 0.354 e. The lowest BCUT2D eigenvalue weighted by atomic mass is 10.00. The fraction of sp³-hybridized carbons (Fsp3) is 0.0870. The molecule has 0 saturated carbocycles. The van der Waals surface area contributed by atoms with E-state index in [1.165, 1.54) is 12.1 Å². The van der Waals surface area contributed by atoms with Gasteiger partial charge in [0.15, 0.2) is 5.43 Å². The highest BCUT2D eigenvalue weighted by Crippen LogP contribution is 3.02. The molecule has 0 aliphatic rings. The van der Waals surface area contributed by atoms with Gasteiger partial charge < -0.3 is 4.98 Å². The Labute approximate surface area is 179 Å².